The zero-order valence-electron chi connectivity index (χ0n) is 12.5. The van der Waals surface area contributed by atoms with E-state index in [-0.39, 0.29) is 17.1 Å². The number of sulfone groups is 1. The summed E-state index contributed by atoms with van der Waals surface area (Å²) in [6, 6.07) is 10.2. The van der Waals surface area contributed by atoms with Gasteiger partial charge in [-0.1, -0.05) is 12.1 Å². The van der Waals surface area contributed by atoms with E-state index in [1.54, 1.807) is 12.1 Å². The van der Waals surface area contributed by atoms with E-state index in [4.69, 9.17) is 0 Å². The number of rotatable bonds is 5. The van der Waals surface area contributed by atoms with Crippen LogP contribution in [-0.2, 0) is 15.6 Å². The highest BCUT2D eigenvalue weighted by Gasteiger charge is 2.13. The summed E-state index contributed by atoms with van der Waals surface area (Å²) in [6.45, 7) is 0. The van der Waals surface area contributed by atoms with Crippen LogP contribution in [0.25, 0.3) is 0 Å². The molecule has 9 heteroatoms. The summed E-state index contributed by atoms with van der Waals surface area (Å²) in [5.41, 5.74) is 1.02. The first-order chi connectivity index (χ1) is 11.2. The lowest BCUT2D eigenvalue weighted by atomic mass is 10.1. The van der Waals surface area contributed by atoms with Gasteiger partial charge in [0.1, 0.15) is 0 Å². The first-order valence-corrected chi connectivity index (χ1v) is 9.53. The number of benzene rings is 2. The summed E-state index contributed by atoms with van der Waals surface area (Å²) >= 11 is 3.22. The predicted octanol–water partition coefficient (Wildman–Crippen LogP) is 3.15. The lowest BCUT2D eigenvalue weighted by molar-refractivity contribution is -0.384. The molecule has 126 valence electrons. The summed E-state index contributed by atoms with van der Waals surface area (Å²) < 4.78 is 23.0. The Morgan fingerprint density at radius 2 is 1.83 bits per heavy atom. The Hall–Kier alpha value is -2.26. The largest absolute Gasteiger partial charge is 0.321 e. The van der Waals surface area contributed by atoms with Crippen molar-refractivity contribution in [1.29, 1.82) is 0 Å². The number of amides is 1. The summed E-state index contributed by atoms with van der Waals surface area (Å²) in [7, 11) is -3.15. The SMILES string of the molecule is CS(=O)(=O)Cc1ccc(C(=O)Nc2cc([N+](=O)[O-])ccc2Br)cc1. The maximum absolute atomic E-state index is 12.2. The molecule has 2 aromatic carbocycles. The number of halogens is 1. The van der Waals surface area contributed by atoms with Crippen molar-refractivity contribution in [3.8, 4) is 0 Å². The van der Waals surface area contributed by atoms with Crippen molar-refractivity contribution in [1.82, 2.24) is 0 Å². The number of nitrogens with one attached hydrogen (secondary N) is 1. The molecule has 1 N–H and O–H groups in total. The highest BCUT2D eigenvalue weighted by molar-refractivity contribution is 9.10. The highest BCUT2D eigenvalue weighted by atomic mass is 79.9. The number of nitro groups is 1. The molecule has 0 fully saturated rings. The van der Waals surface area contributed by atoms with Crippen LogP contribution < -0.4 is 5.32 Å². The average molecular weight is 413 g/mol. The Kier molecular flexibility index (Phi) is 5.35. The molecule has 0 bridgehead atoms. The molecule has 7 nitrogen and oxygen atoms in total. The van der Waals surface area contributed by atoms with Crippen LogP contribution >= 0.6 is 15.9 Å². The number of anilines is 1. The number of hydrogen-bond donors (Lipinski definition) is 1. The standard InChI is InChI=1S/C15H13BrN2O5S/c1-24(22,23)9-10-2-4-11(5-3-10)15(19)17-14-8-12(18(20)21)6-7-13(14)16/h2-8H,9H2,1H3,(H,17,19). The molecule has 0 unspecified atom stereocenters. The molecule has 0 saturated heterocycles. The van der Waals surface area contributed by atoms with Gasteiger partial charge in [0.25, 0.3) is 11.6 Å². The Labute approximate surface area is 146 Å². The van der Waals surface area contributed by atoms with E-state index in [2.05, 4.69) is 21.2 Å². The molecular weight excluding hydrogens is 400 g/mol. The molecule has 0 aliphatic rings. The molecule has 24 heavy (non-hydrogen) atoms. The molecule has 2 rings (SSSR count). The van der Waals surface area contributed by atoms with Crippen LogP contribution in [0.3, 0.4) is 0 Å². The van der Waals surface area contributed by atoms with Crippen LogP contribution in [-0.4, -0.2) is 25.5 Å². The monoisotopic (exact) mass is 412 g/mol. The maximum atomic E-state index is 12.2. The first kappa shape index (κ1) is 18.1. The van der Waals surface area contributed by atoms with Crippen LogP contribution in [0.15, 0.2) is 46.9 Å². The second kappa shape index (κ2) is 7.10. The third-order valence-corrected chi connectivity index (χ3v) is 4.60. The third-order valence-electron chi connectivity index (χ3n) is 3.05. The molecule has 0 atom stereocenters. The zero-order valence-corrected chi connectivity index (χ0v) is 14.9. The van der Waals surface area contributed by atoms with Gasteiger partial charge in [-0.3, -0.25) is 14.9 Å². The number of hydrogen-bond acceptors (Lipinski definition) is 5. The van der Waals surface area contributed by atoms with Crippen molar-refractivity contribution in [3.05, 3.63) is 68.2 Å². The lowest BCUT2D eigenvalue weighted by Crippen LogP contribution is -2.12. The highest BCUT2D eigenvalue weighted by Crippen LogP contribution is 2.27. The smallest absolute Gasteiger partial charge is 0.271 e. The predicted molar refractivity (Wildman–Crippen MR) is 93.7 cm³/mol. The molecule has 0 saturated carbocycles. The number of nitro benzene ring substituents is 1. The van der Waals surface area contributed by atoms with Gasteiger partial charge in [-0.15, -0.1) is 0 Å². The molecule has 0 aromatic heterocycles. The molecule has 0 heterocycles. The molecule has 0 radical (unpaired) electrons. The minimum absolute atomic E-state index is 0.106. The van der Waals surface area contributed by atoms with Gasteiger partial charge < -0.3 is 5.32 Å². The summed E-state index contributed by atoms with van der Waals surface area (Å²) in [5, 5.41) is 13.4. The van der Waals surface area contributed by atoms with Gasteiger partial charge >= 0.3 is 0 Å². The van der Waals surface area contributed by atoms with E-state index in [1.807, 2.05) is 0 Å². The van der Waals surface area contributed by atoms with E-state index >= 15 is 0 Å². The lowest BCUT2D eigenvalue weighted by Gasteiger charge is -2.08. The Morgan fingerprint density at radius 3 is 2.38 bits per heavy atom. The second-order valence-corrected chi connectivity index (χ2v) is 8.14. The van der Waals surface area contributed by atoms with E-state index in [0.717, 1.165) is 6.26 Å². The van der Waals surface area contributed by atoms with Gasteiger partial charge in [0.15, 0.2) is 9.84 Å². The minimum atomic E-state index is -3.15. The van der Waals surface area contributed by atoms with Gasteiger partial charge in [-0.05, 0) is 39.7 Å². The first-order valence-electron chi connectivity index (χ1n) is 6.68. The summed E-state index contributed by atoms with van der Waals surface area (Å²) in [6.07, 6.45) is 1.13. The van der Waals surface area contributed by atoms with Crippen molar-refractivity contribution in [3.63, 3.8) is 0 Å². The zero-order chi connectivity index (χ0) is 17.9. The molecule has 2 aromatic rings. The van der Waals surface area contributed by atoms with Crippen LogP contribution in [0.4, 0.5) is 11.4 Å². The van der Waals surface area contributed by atoms with E-state index in [0.29, 0.717) is 15.6 Å². The molecule has 0 aliphatic carbocycles. The summed E-state index contributed by atoms with van der Waals surface area (Å²) in [5.74, 6) is -0.562. The Balaban J connectivity index is 2.18. The van der Waals surface area contributed by atoms with Crippen molar-refractivity contribution in [2.75, 3.05) is 11.6 Å². The Bertz CT molecular complexity index is 895. The van der Waals surface area contributed by atoms with Crippen LogP contribution in [0.2, 0.25) is 0 Å². The molecule has 0 spiro atoms. The van der Waals surface area contributed by atoms with Gasteiger partial charge in [-0.25, -0.2) is 8.42 Å². The van der Waals surface area contributed by atoms with Crippen LogP contribution in [0.1, 0.15) is 15.9 Å². The quantitative estimate of drug-likeness (QED) is 0.599. The van der Waals surface area contributed by atoms with Gasteiger partial charge in [-0.2, -0.15) is 0 Å². The fourth-order valence-corrected chi connectivity index (χ4v) is 3.12. The number of carbonyl (C=O) groups excluding carboxylic acids is 1. The van der Waals surface area contributed by atoms with Gasteiger partial charge in [0.05, 0.1) is 16.4 Å². The second-order valence-electron chi connectivity index (χ2n) is 5.14. The average Bonchev–Trinajstić information content (AvgIpc) is 2.48. The fraction of sp³-hybridized carbons (Fsp3) is 0.133. The van der Waals surface area contributed by atoms with Gasteiger partial charge in [0.2, 0.25) is 0 Å². The molecule has 1 amide bonds. The van der Waals surface area contributed by atoms with E-state index in [9.17, 15) is 23.3 Å². The minimum Gasteiger partial charge on any atom is -0.321 e. The van der Waals surface area contributed by atoms with E-state index in [1.165, 1.54) is 30.3 Å². The van der Waals surface area contributed by atoms with E-state index < -0.39 is 20.7 Å². The third kappa shape index (κ3) is 4.87. The van der Waals surface area contributed by atoms with Crippen LogP contribution in [0.5, 0.6) is 0 Å². The van der Waals surface area contributed by atoms with Crippen molar-refractivity contribution >= 4 is 43.0 Å². The number of nitrogens with zero attached hydrogens (tertiary/aromatic N) is 1. The summed E-state index contributed by atoms with van der Waals surface area (Å²) in [4.78, 5) is 22.5. The van der Waals surface area contributed by atoms with Crippen LogP contribution in [0, 0.1) is 10.1 Å². The Morgan fingerprint density at radius 1 is 1.21 bits per heavy atom. The fourth-order valence-electron chi connectivity index (χ4n) is 1.97. The maximum Gasteiger partial charge on any atom is 0.271 e. The van der Waals surface area contributed by atoms with Gasteiger partial charge in [0, 0.05) is 28.4 Å². The topological polar surface area (TPSA) is 106 Å². The van der Waals surface area contributed by atoms with Crippen molar-refractivity contribution < 1.29 is 18.1 Å². The number of non-ortho nitro benzene ring substituents is 1. The van der Waals surface area contributed by atoms with Crippen molar-refractivity contribution in [2.24, 2.45) is 0 Å². The molecule has 0 aliphatic heterocycles. The normalized spacial score (nSPS) is 11.1. The van der Waals surface area contributed by atoms with Crippen molar-refractivity contribution in [2.45, 2.75) is 5.75 Å². The molecular formula is C15H13BrN2O5S. The number of carbonyl (C=O) groups is 1.